The lowest BCUT2D eigenvalue weighted by Crippen LogP contribution is -2.40. The Balaban J connectivity index is 1.82. The Bertz CT molecular complexity index is 611. The molecule has 1 aliphatic heterocycles. The summed E-state index contributed by atoms with van der Waals surface area (Å²) in [4.78, 5) is 25.7. The fourth-order valence-electron chi connectivity index (χ4n) is 3.15. The summed E-state index contributed by atoms with van der Waals surface area (Å²) in [7, 11) is 0. The predicted octanol–water partition coefficient (Wildman–Crippen LogP) is 2.18. The van der Waals surface area contributed by atoms with Crippen LogP contribution >= 0.6 is 0 Å². The number of benzene rings is 1. The van der Waals surface area contributed by atoms with Crippen LogP contribution in [0, 0.1) is 11.2 Å². The molecule has 1 N–H and O–H groups in total. The predicted molar refractivity (Wildman–Crippen MR) is 74.3 cm³/mol. The second-order valence-corrected chi connectivity index (χ2v) is 6.43. The van der Waals surface area contributed by atoms with E-state index in [2.05, 4.69) is 0 Å². The van der Waals surface area contributed by atoms with Gasteiger partial charge in [0.05, 0.1) is 10.8 Å². The number of hydrogen-bond donors (Lipinski definition) is 1. The maximum atomic E-state index is 13.4. The molecule has 0 spiro atoms. The molecule has 0 bridgehead atoms. The summed E-state index contributed by atoms with van der Waals surface area (Å²) in [6, 6.07) is 6.17. The average molecular weight is 291 g/mol. The fourth-order valence-corrected chi connectivity index (χ4v) is 3.15. The summed E-state index contributed by atoms with van der Waals surface area (Å²) in [5.74, 6) is -1.27. The molecular formula is C16H18FNO3. The van der Waals surface area contributed by atoms with E-state index in [1.54, 1.807) is 24.0 Å². The first kappa shape index (κ1) is 14.0. The van der Waals surface area contributed by atoms with Gasteiger partial charge in [-0.05, 0) is 43.9 Å². The topological polar surface area (TPSA) is 57.6 Å². The minimum Gasteiger partial charge on any atom is -0.481 e. The van der Waals surface area contributed by atoms with Gasteiger partial charge in [-0.1, -0.05) is 12.1 Å². The molecule has 4 nitrogen and oxygen atoms in total. The number of halogens is 1. The van der Waals surface area contributed by atoms with Gasteiger partial charge < -0.3 is 10.0 Å². The molecule has 1 atom stereocenters. The highest BCUT2D eigenvalue weighted by Crippen LogP contribution is 2.50. The van der Waals surface area contributed by atoms with E-state index in [0.717, 1.165) is 0 Å². The van der Waals surface area contributed by atoms with Gasteiger partial charge in [-0.15, -0.1) is 0 Å². The van der Waals surface area contributed by atoms with Crippen LogP contribution in [0.15, 0.2) is 24.3 Å². The summed E-state index contributed by atoms with van der Waals surface area (Å²) >= 11 is 0. The summed E-state index contributed by atoms with van der Waals surface area (Å²) < 4.78 is 13.4. The lowest BCUT2D eigenvalue weighted by atomic mass is 9.90. The molecule has 1 saturated heterocycles. The first-order valence-electron chi connectivity index (χ1n) is 7.16. The van der Waals surface area contributed by atoms with Gasteiger partial charge in [0.25, 0.3) is 0 Å². The molecule has 0 aromatic heterocycles. The van der Waals surface area contributed by atoms with E-state index in [-0.39, 0.29) is 18.3 Å². The van der Waals surface area contributed by atoms with Crippen LogP contribution in [0.4, 0.5) is 4.39 Å². The van der Waals surface area contributed by atoms with Crippen molar-refractivity contribution in [1.82, 2.24) is 4.90 Å². The molecule has 21 heavy (non-hydrogen) atoms. The van der Waals surface area contributed by atoms with E-state index in [1.165, 1.54) is 12.1 Å². The molecule has 1 aromatic rings. The Morgan fingerprint density at radius 3 is 2.52 bits per heavy atom. The Morgan fingerprint density at radius 1 is 1.29 bits per heavy atom. The Hall–Kier alpha value is -1.91. The maximum Gasteiger partial charge on any atom is 0.311 e. The number of carboxylic acids is 1. The number of carbonyl (C=O) groups excluding carboxylic acids is 1. The summed E-state index contributed by atoms with van der Waals surface area (Å²) in [5.41, 5.74) is -0.795. The van der Waals surface area contributed by atoms with E-state index in [4.69, 9.17) is 0 Å². The zero-order chi connectivity index (χ0) is 15.3. The first-order valence-corrected chi connectivity index (χ1v) is 7.16. The molecule has 5 heteroatoms. The Kier molecular flexibility index (Phi) is 3.04. The van der Waals surface area contributed by atoms with Gasteiger partial charge in [0.2, 0.25) is 5.91 Å². The molecule has 2 aliphatic rings. The number of carboxylic acid groups (broad SMARTS) is 1. The minimum absolute atomic E-state index is 0.0573. The highest BCUT2D eigenvalue weighted by molar-refractivity contribution is 5.92. The highest BCUT2D eigenvalue weighted by atomic mass is 19.1. The maximum absolute atomic E-state index is 13.4. The van der Waals surface area contributed by atoms with Crippen molar-refractivity contribution in [2.45, 2.75) is 31.6 Å². The quantitative estimate of drug-likeness (QED) is 0.928. The number of hydrogen-bond acceptors (Lipinski definition) is 2. The lowest BCUT2D eigenvalue weighted by Gasteiger charge is -2.25. The molecule has 2 fully saturated rings. The van der Waals surface area contributed by atoms with Crippen molar-refractivity contribution in [3.63, 3.8) is 0 Å². The number of aliphatic carboxylic acids is 1. The molecular weight excluding hydrogens is 273 g/mol. The van der Waals surface area contributed by atoms with E-state index in [1.807, 2.05) is 0 Å². The van der Waals surface area contributed by atoms with Gasteiger partial charge in [-0.2, -0.15) is 0 Å². The molecule has 0 unspecified atom stereocenters. The van der Waals surface area contributed by atoms with E-state index >= 15 is 0 Å². The zero-order valence-corrected chi connectivity index (χ0v) is 11.9. The number of amides is 1. The Labute approximate surface area is 122 Å². The SMILES string of the molecule is C[C@@]1(C(=O)O)CCN(C(=O)C2(c3cccc(F)c3)CC2)C1. The molecule has 3 rings (SSSR count). The lowest BCUT2D eigenvalue weighted by molar-refractivity contribution is -0.147. The van der Waals surface area contributed by atoms with Crippen LogP contribution < -0.4 is 0 Å². The van der Waals surface area contributed by atoms with Crippen LogP contribution in [0.1, 0.15) is 31.7 Å². The number of carbonyl (C=O) groups is 2. The van der Waals surface area contributed by atoms with Gasteiger partial charge in [0.15, 0.2) is 0 Å². The molecule has 112 valence electrons. The van der Waals surface area contributed by atoms with Crippen molar-refractivity contribution in [1.29, 1.82) is 0 Å². The summed E-state index contributed by atoms with van der Waals surface area (Å²) in [5, 5.41) is 9.26. The summed E-state index contributed by atoms with van der Waals surface area (Å²) in [6.07, 6.45) is 1.87. The third-order valence-corrected chi connectivity index (χ3v) is 4.81. The van der Waals surface area contributed by atoms with E-state index in [0.29, 0.717) is 31.4 Å². The normalized spacial score (nSPS) is 26.7. The standard InChI is InChI=1S/C16H18FNO3/c1-15(14(20)21)7-8-18(10-15)13(19)16(5-6-16)11-3-2-4-12(17)9-11/h2-4,9H,5-8,10H2,1H3,(H,20,21)/t15-/m1/s1. The Morgan fingerprint density at radius 2 is 2.00 bits per heavy atom. The van der Waals surface area contributed by atoms with Gasteiger partial charge in [0, 0.05) is 13.1 Å². The van der Waals surface area contributed by atoms with Gasteiger partial charge >= 0.3 is 5.97 Å². The smallest absolute Gasteiger partial charge is 0.311 e. The molecule has 1 amide bonds. The second kappa shape index (κ2) is 4.55. The van der Waals surface area contributed by atoms with E-state index < -0.39 is 16.8 Å². The highest BCUT2D eigenvalue weighted by Gasteiger charge is 2.55. The number of nitrogens with zero attached hydrogens (tertiary/aromatic N) is 1. The van der Waals surface area contributed by atoms with Crippen LogP contribution in [-0.2, 0) is 15.0 Å². The minimum atomic E-state index is -0.867. The molecule has 1 aromatic carbocycles. The van der Waals surface area contributed by atoms with Gasteiger partial charge in [0.1, 0.15) is 5.82 Å². The third kappa shape index (κ3) is 2.20. The van der Waals surface area contributed by atoms with Gasteiger partial charge in [-0.3, -0.25) is 9.59 Å². The van der Waals surface area contributed by atoms with Crippen LogP contribution in [-0.4, -0.2) is 35.0 Å². The number of rotatable bonds is 3. The monoisotopic (exact) mass is 291 g/mol. The third-order valence-electron chi connectivity index (χ3n) is 4.81. The molecule has 1 saturated carbocycles. The average Bonchev–Trinajstić information content (AvgIpc) is 3.15. The van der Waals surface area contributed by atoms with E-state index in [9.17, 15) is 19.1 Å². The number of likely N-dealkylation sites (tertiary alicyclic amines) is 1. The van der Waals surface area contributed by atoms with Crippen molar-refractivity contribution in [3.8, 4) is 0 Å². The largest absolute Gasteiger partial charge is 0.481 e. The van der Waals surface area contributed by atoms with Crippen LogP contribution in [0.3, 0.4) is 0 Å². The van der Waals surface area contributed by atoms with Crippen molar-refractivity contribution in [2.24, 2.45) is 5.41 Å². The molecule has 1 aliphatic carbocycles. The van der Waals surface area contributed by atoms with Crippen LogP contribution in [0.25, 0.3) is 0 Å². The summed E-state index contributed by atoms with van der Waals surface area (Å²) in [6.45, 7) is 2.36. The van der Waals surface area contributed by atoms with Crippen molar-refractivity contribution < 1.29 is 19.1 Å². The van der Waals surface area contributed by atoms with Crippen LogP contribution in [0.2, 0.25) is 0 Å². The fraction of sp³-hybridized carbons (Fsp3) is 0.500. The van der Waals surface area contributed by atoms with Crippen molar-refractivity contribution >= 4 is 11.9 Å². The molecule has 0 radical (unpaired) electrons. The van der Waals surface area contributed by atoms with Crippen molar-refractivity contribution in [2.75, 3.05) is 13.1 Å². The second-order valence-electron chi connectivity index (χ2n) is 6.43. The first-order chi connectivity index (χ1) is 9.87. The van der Waals surface area contributed by atoms with Gasteiger partial charge in [-0.25, -0.2) is 4.39 Å². The van der Waals surface area contributed by atoms with Crippen molar-refractivity contribution in [3.05, 3.63) is 35.6 Å². The van der Waals surface area contributed by atoms with Crippen LogP contribution in [0.5, 0.6) is 0 Å². The molecule has 1 heterocycles. The zero-order valence-electron chi connectivity index (χ0n) is 11.9.